The van der Waals surface area contributed by atoms with E-state index in [1.807, 2.05) is 0 Å². The van der Waals surface area contributed by atoms with Crippen LogP contribution in [0, 0.1) is 5.92 Å². The Morgan fingerprint density at radius 3 is 3.25 bits per heavy atom. The number of aromatic nitrogens is 1. The van der Waals surface area contributed by atoms with Crippen LogP contribution < -0.4 is 5.32 Å². The van der Waals surface area contributed by atoms with Crippen LogP contribution in [0.15, 0.2) is 18.5 Å². The minimum atomic E-state index is -0.937. The summed E-state index contributed by atoms with van der Waals surface area (Å²) < 4.78 is 5.25. The molecule has 1 unspecified atom stereocenters. The van der Waals surface area contributed by atoms with E-state index < -0.39 is 5.97 Å². The molecular weight excluding hydrogens is 208 g/mol. The van der Waals surface area contributed by atoms with Crippen molar-refractivity contribution < 1.29 is 14.6 Å². The Balaban J connectivity index is 2.00. The Labute approximate surface area is 93.5 Å². The van der Waals surface area contributed by atoms with Crippen molar-refractivity contribution in [2.24, 2.45) is 5.92 Å². The van der Waals surface area contributed by atoms with Crippen molar-refractivity contribution in [3.63, 3.8) is 0 Å². The molecule has 0 aliphatic carbocycles. The van der Waals surface area contributed by atoms with Crippen LogP contribution in [-0.4, -0.2) is 35.8 Å². The molecule has 1 fully saturated rings. The highest BCUT2D eigenvalue weighted by atomic mass is 16.5. The van der Waals surface area contributed by atoms with Crippen molar-refractivity contribution in [3.05, 3.63) is 24.0 Å². The van der Waals surface area contributed by atoms with E-state index in [1.165, 1.54) is 12.3 Å². The van der Waals surface area contributed by atoms with Crippen molar-refractivity contribution in [2.75, 3.05) is 25.1 Å². The number of hydrogen-bond donors (Lipinski definition) is 2. The van der Waals surface area contributed by atoms with E-state index in [0.29, 0.717) is 11.6 Å². The van der Waals surface area contributed by atoms with Crippen molar-refractivity contribution in [1.29, 1.82) is 0 Å². The first-order chi connectivity index (χ1) is 7.77. The van der Waals surface area contributed by atoms with Gasteiger partial charge in [0.25, 0.3) is 0 Å². The number of ether oxygens (including phenoxy) is 1. The van der Waals surface area contributed by atoms with Crippen LogP contribution >= 0.6 is 0 Å². The third-order valence-electron chi connectivity index (χ3n) is 2.66. The fourth-order valence-corrected chi connectivity index (χ4v) is 1.72. The Morgan fingerprint density at radius 2 is 2.56 bits per heavy atom. The molecule has 0 saturated carbocycles. The van der Waals surface area contributed by atoms with Gasteiger partial charge < -0.3 is 15.2 Å². The lowest BCUT2D eigenvalue weighted by Crippen LogP contribution is -2.16. The molecule has 1 aliphatic rings. The minimum absolute atomic E-state index is 0.258. The molecule has 0 amide bonds. The number of carboxylic acid groups (broad SMARTS) is 1. The summed E-state index contributed by atoms with van der Waals surface area (Å²) in [5.41, 5.74) is 0.829. The van der Waals surface area contributed by atoms with Crippen molar-refractivity contribution >= 4 is 11.7 Å². The number of carbonyl (C=O) groups is 1. The van der Waals surface area contributed by atoms with Gasteiger partial charge >= 0.3 is 5.97 Å². The summed E-state index contributed by atoms with van der Waals surface area (Å²) in [4.78, 5) is 14.8. The lowest BCUT2D eigenvalue weighted by atomic mass is 10.1. The Bertz CT molecular complexity index is 375. The number of nitrogens with one attached hydrogen (secondary N) is 1. The van der Waals surface area contributed by atoms with Gasteiger partial charge in [-0.05, 0) is 12.5 Å². The fraction of sp³-hybridized carbons (Fsp3) is 0.455. The first-order valence-corrected chi connectivity index (χ1v) is 5.26. The molecule has 0 bridgehead atoms. The standard InChI is InChI=1S/C11H14N2O3/c14-11(15)9-1-3-12-6-10(9)13-5-8-2-4-16-7-8/h1,3,6,8,13H,2,4-5,7H2,(H,14,15). The smallest absolute Gasteiger partial charge is 0.337 e. The van der Waals surface area contributed by atoms with Crippen LogP contribution in [0.5, 0.6) is 0 Å². The molecule has 1 aliphatic heterocycles. The van der Waals surface area contributed by atoms with Gasteiger partial charge in [-0.25, -0.2) is 4.79 Å². The largest absolute Gasteiger partial charge is 0.478 e. The van der Waals surface area contributed by atoms with E-state index in [0.717, 1.165) is 26.2 Å². The second-order valence-corrected chi connectivity index (χ2v) is 3.84. The minimum Gasteiger partial charge on any atom is -0.478 e. The maximum absolute atomic E-state index is 10.9. The highest BCUT2D eigenvalue weighted by molar-refractivity contribution is 5.93. The number of aromatic carboxylic acids is 1. The maximum Gasteiger partial charge on any atom is 0.337 e. The van der Waals surface area contributed by atoms with Gasteiger partial charge in [-0.2, -0.15) is 0 Å². The van der Waals surface area contributed by atoms with Crippen molar-refractivity contribution in [3.8, 4) is 0 Å². The zero-order chi connectivity index (χ0) is 11.4. The Hall–Kier alpha value is -1.62. The van der Waals surface area contributed by atoms with E-state index in [9.17, 15) is 4.79 Å². The predicted molar refractivity (Wildman–Crippen MR) is 58.6 cm³/mol. The fourth-order valence-electron chi connectivity index (χ4n) is 1.72. The molecule has 16 heavy (non-hydrogen) atoms. The summed E-state index contributed by atoms with van der Waals surface area (Å²) in [6.45, 7) is 2.27. The number of rotatable bonds is 4. The molecule has 5 nitrogen and oxygen atoms in total. The van der Waals surface area contributed by atoms with Crippen LogP contribution in [0.2, 0.25) is 0 Å². The van der Waals surface area contributed by atoms with Crippen LogP contribution in [-0.2, 0) is 4.74 Å². The van der Waals surface area contributed by atoms with Gasteiger partial charge in [0.2, 0.25) is 0 Å². The first-order valence-electron chi connectivity index (χ1n) is 5.26. The highest BCUT2D eigenvalue weighted by Crippen LogP contribution is 2.17. The van der Waals surface area contributed by atoms with Gasteiger partial charge in [0.1, 0.15) is 0 Å². The summed E-state index contributed by atoms with van der Waals surface area (Å²) in [5.74, 6) is -0.477. The molecule has 1 aromatic heterocycles. The average Bonchev–Trinajstić information content (AvgIpc) is 2.79. The van der Waals surface area contributed by atoms with E-state index >= 15 is 0 Å². The molecule has 5 heteroatoms. The van der Waals surface area contributed by atoms with Gasteiger partial charge in [0.05, 0.1) is 24.1 Å². The molecule has 2 rings (SSSR count). The van der Waals surface area contributed by atoms with Gasteiger partial charge in [0.15, 0.2) is 0 Å². The van der Waals surface area contributed by atoms with Gasteiger partial charge in [-0.3, -0.25) is 4.98 Å². The summed E-state index contributed by atoms with van der Waals surface area (Å²) >= 11 is 0. The quantitative estimate of drug-likeness (QED) is 0.801. The molecule has 1 aromatic rings. The second kappa shape index (κ2) is 4.94. The van der Waals surface area contributed by atoms with Gasteiger partial charge in [-0.15, -0.1) is 0 Å². The van der Waals surface area contributed by atoms with Crippen LogP contribution in [0.1, 0.15) is 16.8 Å². The topological polar surface area (TPSA) is 71.5 Å². The Morgan fingerprint density at radius 1 is 1.69 bits per heavy atom. The lowest BCUT2D eigenvalue weighted by molar-refractivity contribution is 0.0698. The van der Waals surface area contributed by atoms with E-state index in [4.69, 9.17) is 9.84 Å². The number of hydrogen-bond acceptors (Lipinski definition) is 4. The lowest BCUT2D eigenvalue weighted by Gasteiger charge is -2.12. The SMILES string of the molecule is O=C(O)c1ccncc1NCC1CCOC1. The Kier molecular flexibility index (Phi) is 3.36. The molecule has 2 heterocycles. The van der Waals surface area contributed by atoms with E-state index in [-0.39, 0.29) is 5.56 Å². The van der Waals surface area contributed by atoms with Crippen molar-refractivity contribution in [1.82, 2.24) is 4.98 Å². The number of carboxylic acids is 1. The normalized spacial score (nSPS) is 19.6. The molecule has 0 radical (unpaired) electrons. The number of nitrogens with zero attached hydrogens (tertiary/aromatic N) is 1. The van der Waals surface area contributed by atoms with Crippen molar-refractivity contribution in [2.45, 2.75) is 6.42 Å². The summed E-state index contributed by atoms with van der Waals surface area (Å²) in [5, 5.41) is 12.1. The van der Waals surface area contributed by atoms with E-state index in [1.54, 1.807) is 6.20 Å². The second-order valence-electron chi connectivity index (χ2n) is 3.84. The average molecular weight is 222 g/mol. The van der Waals surface area contributed by atoms with Crippen LogP contribution in [0.3, 0.4) is 0 Å². The summed E-state index contributed by atoms with van der Waals surface area (Å²) in [7, 11) is 0. The van der Waals surface area contributed by atoms with Gasteiger partial charge in [0, 0.05) is 25.3 Å². The van der Waals surface area contributed by atoms with Gasteiger partial charge in [-0.1, -0.05) is 0 Å². The maximum atomic E-state index is 10.9. The summed E-state index contributed by atoms with van der Waals surface area (Å²) in [6.07, 6.45) is 4.04. The third kappa shape index (κ3) is 2.49. The summed E-state index contributed by atoms with van der Waals surface area (Å²) in [6, 6.07) is 1.50. The number of pyridine rings is 1. The first kappa shape index (κ1) is 10.9. The van der Waals surface area contributed by atoms with E-state index in [2.05, 4.69) is 10.3 Å². The molecule has 1 atom stereocenters. The highest BCUT2D eigenvalue weighted by Gasteiger charge is 2.16. The molecule has 86 valence electrons. The predicted octanol–water partition coefficient (Wildman–Crippen LogP) is 1.23. The molecule has 0 spiro atoms. The zero-order valence-corrected chi connectivity index (χ0v) is 8.85. The molecule has 2 N–H and O–H groups in total. The molecule has 1 saturated heterocycles. The van der Waals surface area contributed by atoms with Crippen LogP contribution in [0.25, 0.3) is 0 Å². The zero-order valence-electron chi connectivity index (χ0n) is 8.85. The molecule has 0 aromatic carbocycles. The third-order valence-corrected chi connectivity index (χ3v) is 2.66. The van der Waals surface area contributed by atoms with Crippen LogP contribution in [0.4, 0.5) is 5.69 Å². The number of anilines is 1. The monoisotopic (exact) mass is 222 g/mol. The molecular formula is C11H14N2O3.